The zero-order valence-electron chi connectivity index (χ0n) is 21.4. The normalized spacial score (nSPS) is 32.4. The van der Waals surface area contributed by atoms with Gasteiger partial charge in [-0.1, -0.05) is 43.0 Å². The highest BCUT2D eigenvalue weighted by Gasteiger charge is 2.61. The van der Waals surface area contributed by atoms with Crippen LogP contribution in [0.2, 0.25) is 5.02 Å². The molecule has 8 heteroatoms. The van der Waals surface area contributed by atoms with Crippen LogP contribution in [0.1, 0.15) is 90.9 Å². The van der Waals surface area contributed by atoms with Gasteiger partial charge in [-0.3, -0.25) is 9.59 Å². The second-order valence-corrected chi connectivity index (χ2v) is 14.9. The summed E-state index contributed by atoms with van der Waals surface area (Å²) in [6, 6.07) is 6.54. The van der Waals surface area contributed by atoms with Crippen molar-refractivity contribution in [1.82, 2.24) is 10.0 Å². The lowest BCUT2D eigenvalue weighted by molar-refractivity contribution is -0.162. The van der Waals surface area contributed by atoms with E-state index in [0.717, 1.165) is 51.4 Å². The molecule has 198 valence electrons. The number of sulfonamides is 1. The number of hydrogen-bond donors (Lipinski definition) is 2. The highest BCUT2D eigenvalue weighted by Crippen LogP contribution is 2.66. The minimum atomic E-state index is -3.97. The van der Waals surface area contributed by atoms with Gasteiger partial charge in [0, 0.05) is 12.5 Å². The molecule has 1 amide bonds. The molecule has 1 aromatic rings. The van der Waals surface area contributed by atoms with Crippen LogP contribution < -0.4 is 10.0 Å². The Labute approximate surface area is 220 Å². The smallest absolute Gasteiger partial charge is 0.242 e. The fraction of sp³-hybridized carbons (Fsp3) is 0.714. The Morgan fingerprint density at radius 3 is 2.31 bits per heavy atom. The topological polar surface area (TPSA) is 92.3 Å². The monoisotopic (exact) mass is 534 g/mol. The molecule has 0 heterocycles. The lowest BCUT2D eigenvalue weighted by Gasteiger charge is -2.61. The van der Waals surface area contributed by atoms with E-state index in [4.69, 9.17) is 11.6 Å². The molecule has 5 saturated carbocycles. The summed E-state index contributed by atoms with van der Waals surface area (Å²) in [6.07, 6.45) is 11.7. The molecule has 0 aliphatic heterocycles. The van der Waals surface area contributed by atoms with Gasteiger partial charge in [0.25, 0.3) is 0 Å². The fourth-order valence-corrected chi connectivity index (χ4v) is 10.1. The molecule has 0 radical (unpaired) electrons. The second kappa shape index (κ2) is 9.39. The molecule has 2 N–H and O–H groups in total. The Bertz CT molecular complexity index is 1130. The van der Waals surface area contributed by atoms with Gasteiger partial charge < -0.3 is 5.32 Å². The van der Waals surface area contributed by atoms with Gasteiger partial charge >= 0.3 is 0 Å². The Hall–Kier alpha value is -1.44. The molecule has 5 aliphatic rings. The molecule has 2 unspecified atom stereocenters. The number of carbonyl (C=O) groups excluding carboxylic acids is 2. The van der Waals surface area contributed by atoms with Crippen LogP contribution in [-0.2, 0) is 19.6 Å². The largest absolute Gasteiger partial charge is 0.353 e. The molecule has 1 aromatic carbocycles. The molecular formula is C28H39ClN2O4S. The number of halogens is 1. The quantitative estimate of drug-likeness (QED) is 0.467. The SMILES string of the molecule is CC(C)(NS(=O)(=O)c1ccccc1Cl)C(=O)CC12CC3CC(C1)CC(C(=O)NC1CCCCC1)(C3)C2. The number of hydrogen-bond acceptors (Lipinski definition) is 4. The van der Waals surface area contributed by atoms with Gasteiger partial charge in [0.05, 0.1) is 16.0 Å². The van der Waals surface area contributed by atoms with E-state index in [2.05, 4.69) is 10.0 Å². The fourth-order valence-electron chi connectivity index (χ4n) is 8.18. The Kier molecular flexibility index (Phi) is 6.83. The number of Topliss-reactive ketones (excluding diaryl/α,β-unsaturated/α-hetero) is 1. The van der Waals surface area contributed by atoms with E-state index in [9.17, 15) is 18.0 Å². The molecule has 4 bridgehead atoms. The van der Waals surface area contributed by atoms with E-state index in [1.165, 1.54) is 31.4 Å². The first kappa shape index (κ1) is 26.2. The summed E-state index contributed by atoms with van der Waals surface area (Å²) in [6.45, 7) is 3.27. The van der Waals surface area contributed by atoms with E-state index < -0.39 is 15.6 Å². The summed E-state index contributed by atoms with van der Waals surface area (Å²) in [4.78, 5) is 27.3. The first-order valence-corrected chi connectivity index (χ1v) is 15.4. The van der Waals surface area contributed by atoms with Crippen molar-refractivity contribution in [3.05, 3.63) is 29.3 Å². The maximum Gasteiger partial charge on any atom is 0.242 e. The van der Waals surface area contributed by atoms with Crippen LogP contribution in [0.3, 0.4) is 0 Å². The van der Waals surface area contributed by atoms with Crippen LogP contribution in [0, 0.1) is 22.7 Å². The summed E-state index contributed by atoms with van der Waals surface area (Å²) in [5.74, 6) is 1.03. The van der Waals surface area contributed by atoms with Crippen molar-refractivity contribution in [3.8, 4) is 0 Å². The number of amides is 1. The van der Waals surface area contributed by atoms with E-state index in [1.807, 2.05) is 0 Å². The summed E-state index contributed by atoms with van der Waals surface area (Å²) < 4.78 is 28.7. The van der Waals surface area contributed by atoms with Crippen molar-refractivity contribution < 1.29 is 18.0 Å². The van der Waals surface area contributed by atoms with Gasteiger partial charge in [-0.15, -0.1) is 0 Å². The zero-order chi connectivity index (χ0) is 25.8. The minimum absolute atomic E-state index is 0.0271. The van der Waals surface area contributed by atoms with Gasteiger partial charge in [0.15, 0.2) is 5.78 Å². The van der Waals surface area contributed by atoms with E-state index >= 15 is 0 Å². The van der Waals surface area contributed by atoms with Crippen molar-refractivity contribution in [1.29, 1.82) is 0 Å². The third kappa shape index (κ3) is 5.00. The van der Waals surface area contributed by atoms with Crippen molar-refractivity contribution in [2.75, 3.05) is 0 Å². The van der Waals surface area contributed by atoms with Crippen LogP contribution >= 0.6 is 11.6 Å². The van der Waals surface area contributed by atoms with Crippen LogP contribution in [0.15, 0.2) is 29.2 Å². The number of benzene rings is 1. The molecule has 36 heavy (non-hydrogen) atoms. The molecular weight excluding hydrogens is 496 g/mol. The lowest BCUT2D eigenvalue weighted by atomic mass is 9.43. The molecule has 5 aliphatic carbocycles. The first-order valence-electron chi connectivity index (χ1n) is 13.5. The van der Waals surface area contributed by atoms with Crippen molar-refractivity contribution in [2.24, 2.45) is 22.7 Å². The maximum atomic E-state index is 13.7. The summed E-state index contributed by atoms with van der Waals surface area (Å²) in [5, 5.41) is 3.53. The Morgan fingerprint density at radius 1 is 1.03 bits per heavy atom. The average Bonchev–Trinajstić information content (AvgIpc) is 2.78. The summed E-state index contributed by atoms with van der Waals surface area (Å²) in [7, 11) is -3.97. The summed E-state index contributed by atoms with van der Waals surface area (Å²) in [5.41, 5.74) is -1.87. The molecule has 2 atom stereocenters. The van der Waals surface area contributed by atoms with Gasteiger partial charge in [-0.2, -0.15) is 4.72 Å². The third-order valence-electron chi connectivity index (χ3n) is 9.35. The first-order chi connectivity index (χ1) is 16.9. The summed E-state index contributed by atoms with van der Waals surface area (Å²) >= 11 is 6.13. The van der Waals surface area contributed by atoms with Crippen molar-refractivity contribution in [3.63, 3.8) is 0 Å². The number of ketones is 1. The van der Waals surface area contributed by atoms with Crippen LogP contribution in [0.5, 0.6) is 0 Å². The molecule has 0 aromatic heterocycles. The van der Waals surface area contributed by atoms with E-state index in [-0.39, 0.29) is 38.5 Å². The number of carbonyl (C=O) groups is 2. The van der Waals surface area contributed by atoms with Crippen LogP contribution in [0.4, 0.5) is 0 Å². The van der Waals surface area contributed by atoms with Gasteiger partial charge in [0.1, 0.15) is 4.90 Å². The second-order valence-electron chi connectivity index (χ2n) is 12.8. The zero-order valence-corrected chi connectivity index (χ0v) is 23.0. The van der Waals surface area contributed by atoms with E-state index in [0.29, 0.717) is 18.3 Å². The standard InChI is InChI=1S/C28H39ClN2O4S/c1-26(2,31-36(34,35)23-11-7-6-10-22(23)29)24(32)17-27-13-19-12-20(14-27)16-28(15-19,18-27)25(33)30-21-8-4-3-5-9-21/h6-7,10-11,19-21,31H,3-5,8-9,12-18H2,1-2H3,(H,30,33). The predicted molar refractivity (Wildman–Crippen MR) is 140 cm³/mol. The third-order valence-corrected chi connectivity index (χ3v) is 11.5. The van der Waals surface area contributed by atoms with Gasteiger partial charge in [-0.05, 0) is 94.6 Å². The number of rotatable bonds is 8. The van der Waals surface area contributed by atoms with Crippen molar-refractivity contribution in [2.45, 2.75) is 107 Å². The Balaban J connectivity index is 1.32. The minimum Gasteiger partial charge on any atom is -0.353 e. The van der Waals surface area contributed by atoms with E-state index in [1.54, 1.807) is 26.0 Å². The molecule has 6 nitrogen and oxygen atoms in total. The molecule has 0 saturated heterocycles. The van der Waals surface area contributed by atoms with Gasteiger partial charge in [-0.25, -0.2) is 8.42 Å². The van der Waals surface area contributed by atoms with Crippen LogP contribution in [0.25, 0.3) is 0 Å². The Morgan fingerprint density at radius 2 is 1.67 bits per heavy atom. The molecule has 0 spiro atoms. The van der Waals surface area contributed by atoms with Crippen LogP contribution in [-0.4, -0.2) is 31.7 Å². The lowest BCUT2D eigenvalue weighted by Crippen LogP contribution is -2.60. The predicted octanol–water partition coefficient (Wildman–Crippen LogP) is 5.39. The average molecular weight is 535 g/mol. The molecule has 5 fully saturated rings. The maximum absolute atomic E-state index is 13.7. The van der Waals surface area contributed by atoms with Gasteiger partial charge in [0.2, 0.25) is 15.9 Å². The highest BCUT2D eigenvalue weighted by atomic mass is 35.5. The number of nitrogens with one attached hydrogen (secondary N) is 2. The molecule has 6 rings (SSSR count). The van der Waals surface area contributed by atoms with Crippen molar-refractivity contribution >= 4 is 33.3 Å². The highest BCUT2D eigenvalue weighted by molar-refractivity contribution is 7.89.